The predicted octanol–water partition coefficient (Wildman–Crippen LogP) is 4.32. The molecule has 2 aromatic heterocycles. The molecule has 0 unspecified atom stereocenters. The van der Waals surface area contributed by atoms with Gasteiger partial charge in [0.25, 0.3) is 0 Å². The maximum Gasteiger partial charge on any atom is 0.142 e. The van der Waals surface area contributed by atoms with Crippen molar-refractivity contribution in [3.05, 3.63) is 53.6 Å². The Kier molecular flexibility index (Phi) is 2.88. The summed E-state index contributed by atoms with van der Waals surface area (Å²) in [5.41, 5.74) is 5.51. The standard InChI is InChI=1S/C17H16FN3/c18-12-8-14-16(10-20-17(14)19-9-12)21-15-7-3-5-11-4-1-2-6-13(11)15/h3,5,7-10,21H,1-2,4,6H2,(H,19,20). The lowest BCUT2D eigenvalue weighted by Gasteiger charge is -2.19. The number of aromatic amines is 1. The van der Waals surface area contributed by atoms with Gasteiger partial charge < -0.3 is 10.3 Å². The summed E-state index contributed by atoms with van der Waals surface area (Å²) in [6.07, 6.45) is 7.82. The summed E-state index contributed by atoms with van der Waals surface area (Å²) < 4.78 is 13.4. The zero-order valence-corrected chi connectivity index (χ0v) is 11.6. The summed E-state index contributed by atoms with van der Waals surface area (Å²) in [5.74, 6) is -0.319. The minimum absolute atomic E-state index is 0.319. The van der Waals surface area contributed by atoms with Crippen LogP contribution in [0.2, 0.25) is 0 Å². The number of nitrogens with one attached hydrogen (secondary N) is 2. The smallest absolute Gasteiger partial charge is 0.142 e. The SMILES string of the molecule is Fc1cnc2[nH]cc(Nc3cccc4c3CCCC4)c2c1. The van der Waals surface area contributed by atoms with E-state index >= 15 is 0 Å². The van der Waals surface area contributed by atoms with Gasteiger partial charge in [0.2, 0.25) is 0 Å². The number of benzene rings is 1. The van der Waals surface area contributed by atoms with Crippen LogP contribution in [0.5, 0.6) is 0 Å². The molecule has 0 fully saturated rings. The van der Waals surface area contributed by atoms with Crippen LogP contribution in [0.15, 0.2) is 36.7 Å². The minimum Gasteiger partial charge on any atom is -0.353 e. The Bertz CT molecular complexity index is 807. The Balaban J connectivity index is 1.76. The Morgan fingerprint density at radius 1 is 1.14 bits per heavy atom. The number of H-pyrrole nitrogens is 1. The molecule has 0 spiro atoms. The molecular formula is C17H16FN3. The number of rotatable bonds is 2. The fourth-order valence-electron chi connectivity index (χ4n) is 3.12. The van der Waals surface area contributed by atoms with E-state index in [0.29, 0.717) is 5.65 Å². The molecule has 0 aliphatic heterocycles. The number of nitrogens with zero attached hydrogens (tertiary/aromatic N) is 1. The van der Waals surface area contributed by atoms with Crippen LogP contribution in [0.25, 0.3) is 11.0 Å². The molecular weight excluding hydrogens is 265 g/mol. The maximum atomic E-state index is 13.4. The van der Waals surface area contributed by atoms with Crippen LogP contribution in [-0.4, -0.2) is 9.97 Å². The fourth-order valence-corrected chi connectivity index (χ4v) is 3.12. The largest absolute Gasteiger partial charge is 0.353 e. The van der Waals surface area contributed by atoms with Gasteiger partial charge in [0.05, 0.1) is 11.9 Å². The first-order chi connectivity index (χ1) is 10.3. The summed E-state index contributed by atoms with van der Waals surface area (Å²) in [6, 6.07) is 7.89. The number of hydrogen-bond donors (Lipinski definition) is 2. The van der Waals surface area contributed by atoms with Gasteiger partial charge in [-0.05, 0) is 48.9 Å². The van der Waals surface area contributed by atoms with Gasteiger partial charge in [0, 0.05) is 17.3 Å². The topological polar surface area (TPSA) is 40.7 Å². The highest BCUT2D eigenvalue weighted by molar-refractivity contribution is 5.92. The zero-order valence-electron chi connectivity index (χ0n) is 11.6. The van der Waals surface area contributed by atoms with Crippen molar-refractivity contribution < 1.29 is 4.39 Å². The van der Waals surface area contributed by atoms with E-state index < -0.39 is 0 Å². The van der Waals surface area contributed by atoms with Crippen molar-refractivity contribution in [3.63, 3.8) is 0 Å². The number of hydrogen-bond acceptors (Lipinski definition) is 2. The highest BCUT2D eigenvalue weighted by Crippen LogP contribution is 2.32. The molecule has 0 atom stereocenters. The monoisotopic (exact) mass is 281 g/mol. The van der Waals surface area contributed by atoms with Crippen LogP contribution in [0, 0.1) is 5.82 Å². The molecule has 1 aromatic carbocycles. The number of aryl methyl sites for hydroxylation is 1. The third-order valence-electron chi connectivity index (χ3n) is 4.16. The molecule has 0 saturated heterocycles. The molecule has 4 heteroatoms. The average molecular weight is 281 g/mol. The molecule has 2 heterocycles. The molecule has 106 valence electrons. The molecule has 2 N–H and O–H groups in total. The van der Waals surface area contributed by atoms with Crippen LogP contribution in [0.4, 0.5) is 15.8 Å². The fraction of sp³-hybridized carbons (Fsp3) is 0.235. The number of halogens is 1. The molecule has 4 rings (SSSR count). The second-order valence-electron chi connectivity index (χ2n) is 5.53. The van der Waals surface area contributed by atoms with Crippen molar-refractivity contribution >= 4 is 22.4 Å². The minimum atomic E-state index is -0.319. The second-order valence-corrected chi connectivity index (χ2v) is 5.53. The molecule has 1 aliphatic carbocycles. The number of aromatic nitrogens is 2. The van der Waals surface area contributed by atoms with Crippen LogP contribution in [0.3, 0.4) is 0 Å². The number of pyridine rings is 1. The summed E-state index contributed by atoms with van der Waals surface area (Å²) in [6.45, 7) is 0. The molecule has 0 saturated carbocycles. The van der Waals surface area contributed by atoms with Crippen LogP contribution >= 0.6 is 0 Å². The van der Waals surface area contributed by atoms with E-state index in [1.54, 1.807) is 0 Å². The van der Waals surface area contributed by atoms with Crippen molar-refractivity contribution in [2.24, 2.45) is 0 Å². The summed E-state index contributed by atoms with van der Waals surface area (Å²) >= 11 is 0. The average Bonchev–Trinajstić information content (AvgIpc) is 2.90. The number of anilines is 2. The van der Waals surface area contributed by atoms with Gasteiger partial charge in [-0.1, -0.05) is 12.1 Å². The van der Waals surface area contributed by atoms with Crippen molar-refractivity contribution in [2.75, 3.05) is 5.32 Å². The second kappa shape index (κ2) is 4.88. The van der Waals surface area contributed by atoms with Crippen LogP contribution in [0.1, 0.15) is 24.0 Å². The maximum absolute atomic E-state index is 13.4. The Morgan fingerprint density at radius 2 is 2.05 bits per heavy atom. The van der Waals surface area contributed by atoms with E-state index in [-0.39, 0.29) is 5.82 Å². The van der Waals surface area contributed by atoms with Crippen molar-refractivity contribution in [3.8, 4) is 0 Å². The quantitative estimate of drug-likeness (QED) is 0.734. The van der Waals surface area contributed by atoms with Gasteiger partial charge in [-0.2, -0.15) is 0 Å². The van der Waals surface area contributed by atoms with Gasteiger partial charge in [-0.15, -0.1) is 0 Å². The molecule has 3 aromatic rings. The summed E-state index contributed by atoms with van der Waals surface area (Å²) in [4.78, 5) is 7.14. The predicted molar refractivity (Wildman–Crippen MR) is 82.4 cm³/mol. The lowest BCUT2D eigenvalue weighted by Crippen LogP contribution is -2.05. The van der Waals surface area contributed by atoms with Crippen molar-refractivity contribution in [2.45, 2.75) is 25.7 Å². The molecule has 0 radical (unpaired) electrons. The lowest BCUT2D eigenvalue weighted by atomic mass is 9.90. The number of fused-ring (bicyclic) bond motifs is 2. The lowest BCUT2D eigenvalue weighted by molar-refractivity contribution is 0.624. The van der Waals surface area contributed by atoms with E-state index in [2.05, 4.69) is 33.5 Å². The Hall–Kier alpha value is -2.36. The Morgan fingerprint density at radius 3 is 3.00 bits per heavy atom. The Labute approximate surface area is 122 Å². The van der Waals surface area contributed by atoms with Gasteiger partial charge in [0.1, 0.15) is 11.5 Å². The summed E-state index contributed by atoms with van der Waals surface area (Å²) in [5, 5.41) is 4.23. The van der Waals surface area contributed by atoms with Gasteiger partial charge >= 0.3 is 0 Å². The third kappa shape index (κ3) is 2.17. The molecule has 0 amide bonds. The van der Waals surface area contributed by atoms with Gasteiger partial charge in [-0.25, -0.2) is 9.37 Å². The van der Waals surface area contributed by atoms with Crippen molar-refractivity contribution in [1.29, 1.82) is 0 Å². The molecule has 21 heavy (non-hydrogen) atoms. The van der Waals surface area contributed by atoms with E-state index in [0.717, 1.165) is 29.6 Å². The van der Waals surface area contributed by atoms with Gasteiger partial charge in [0.15, 0.2) is 0 Å². The first-order valence-corrected chi connectivity index (χ1v) is 7.32. The molecule has 0 bridgehead atoms. The first-order valence-electron chi connectivity index (χ1n) is 7.32. The van der Waals surface area contributed by atoms with Crippen LogP contribution < -0.4 is 5.32 Å². The molecule has 3 nitrogen and oxygen atoms in total. The molecule has 1 aliphatic rings. The third-order valence-corrected chi connectivity index (χ3v) is 4.16. The highest BCUT2D eigenvalue weighted by atomic mass is 19.1. The summed E-state index contributed by atoms with van der Waals surface area (Å²) in [7, 11) is 0. The highest BCUT2D eigenvalue weighted by Gasteiger charge is 2.14. The van der Waals surface area contributed by atoms with E-state index in [1.807, 2.05) is 6.20 Å². The first kappa shape index (κ1) is 12.4. The van der Waals surface area contributed by atoms with Gasteiger partial charge in [-0.3, -0.25) is 0 Å². The van der Waals surface area contributed by atoms with Crippen molar-refractivity contribution in [1.82, 2.24) is 9.97 Å². The van der Waals surface area contributed by atoms with E-state index in [4.69, 9.17) is 0 Å². The van der Waals surface area contributed by atoms with E-state index in [9.17, 15) is 4.39 Å². The normalized spacial score (nSPS) is 14.1. The zero-order chi connectivity index (χ0) is 14.2. The van der Waals surface area contributed by atoms with Crippen LogP contribution in [-0.2, 0) is 12.8 Å². The van der Waals surface area contributed by atoms with E-state index in [1.165, 1.54) is 36.2 Å².